The van der Waals surface area contributed by atoms with Crippen LogP contribution in [0, 0.1) is 0 Å². The maximum absolute atomic E-state index is 5.48. The van der Waals surface area contributed by atoms with Crippen LogP contribution >= 0.6 is 27.3 Å². The Morgan fingerprint density at radius 2 is 2.57 bits per heavy atom. The third kappa shape index (κ3) is 2.91. The summed E-state index contributed by atoms with van der Waals surface area (Å²) in [6.45, 7) is 2.81. The smallest absolute Gasteiger partial charge is 0.183 e. The largest absolute Gasteiger partial charge is 0.376 e. The van der Waals surface area contributed by atoms with Crippen LogP contribution in [0.2, 0.25) is 0 Å². The van der Waals surface area contributed by atoms with Crippen LogP contribution in [-0.4, -0.2) is 37.5 Å². The molecule has 1 aromatic rings. The highest BCUT2D eigenvalue weighted by molar-refractivity contribution is 9.10. The van der Waals surface area contributed by atoms with Gasteiger partial charge in [0.05, 0.1) is 25.9 Å². The Labute approximate surface area is 94.8 Å². The maximum atomic E-state index is 5.48. The monoisotopic (exact) mass is 278 g/mol. The van der Waals surface area contributed by atoms with Gasteiger partial charge in [-0.15, -0.1) is 11.3 Å². The van der Waals surface area contributed by atoms with E-state index in [1.807, 2.05) is 5.38 Å². The molecule has 0 radical (unpaired) electrons. The fraction of sp³-hybridized carbons (Fsp3) is 0.625. The Bertz CT molecular complexity index is 289. The van der Waals surface area contributed by atoms with Gasteiger partial charge in [0.15, 0.2) is 5.13 Å². The third-order valence-electron chi connectivity index (χ3n) is 1.84. The van der Waals surface area contributed by atoms with Gasteiger partial charge in [0, 0.05) is 11.9 Å². The first-order valence-electron chi connectivity index (χ1n) is 4.39. The summed E-state index contributed by atoms with van der Waals surface area (Å²) < 4.78 is 11.6. The van der Waals surface area contributed by atoms with Gasteiger partial charge >= 0.3 is 0 Å². The van der Waals surface area contributed by atoms with Crippen LogP contribution in [0.15, 0.2) is 9.98 Å². The molecule has 1 saturated heterocycles. The quantitative estimate of drug-likeness (QED) is 0.915. The van der Waals surface area contributed by atoms with Crippen molar-refractivity contribution in [2.75, 3.05) is 31.7 Å². The lowest BCUT2D eigenvalue weighted by Gasteiger charge is -2.22. The molecule has 0 aliphatic carbocycles. The van der Waals surface area contributed by atoms with Crippen molar-refractivity contribution in [1.29, 1.82) is 0 Å². The SMILES string of the molecule is Brc1csc(NCC2COCCO2)n1. The van der Waals surface area contributed by atoms with Gasteiger partial charge in [-0.05, 0) is 15.9 Å². The van der Waals surface area contributed by atoms with E-state index in [2.05, 4.69) is 26.2 Å². The number of thiazole rings is 1. The third-order valence-corrected chi connectivity index (χ3v) is 3.35. The number of hydrogen-bond acceptors (Lipinski definition) is 5. The average molecular weight is 279 g/mol. The molecule has 4 nitrogen and oxygen atoms in total. The highest BCUT2D eigenvalue weighted by atomic mass is 79.9. The van der Waals surface area contributed by atoms with Crippen LogP contribution in [0.25, 0.3) is 0 Å². The van der Waals surface area contributed by atoms with Crippen LogP contribution in [0.1, 0.15) is 0 Å². The Balaban J connectivity index is 1.76. The predicted molar refractivity (Wildman–Crippen MR) is 58.9 cm³/mol. The lowest BCUT2D eigenvalue weighted by molar-refractivity contribution is -0.0818. The molecular formula is C8H11BrN2O2S. The fourth-order valence-corrected chi connectivity index (χ4v) is 2.35. The minimum absolute atomic E-state index is 0.145. The average Bonchev–Trinajstić information content (AvgIpc) is 2.63. The lowest BCUT2D eigenvalue weighted by Crippen LogP contribution is -2.34. The van der Waals surface area contributed by atoms with Crippen molar-refractivity contribution in [2.24, 2.45) is 0 Å². The van der Waals surface area contributed by atoms with E-state index in [1.54, 1.807) is 11.3 Å². The summed E-state index contributed by atoms with van der Waals surface area (Å²) in [7, 11) is 0. The Kier molecular flexibility index (Phi) is 3.74. The topological polar surface area (TPSA) is 43.4 Å². The van der Waals surface area contributed by atoms with Gasteiger partial charge in [-0.25, -0.2) is 4.98 Å². The van der Waals surface area contributed by atoms with Gasteiger partial charge in [0.2, 0.25) is 0 Å². The number of aromatic nitrogens is 1. The second-order valence-electron chi connectivity index (χ2n) is 2.92. The second kappa shape index (κ2) is 5.06. The van der Waals surface area contributed by atoms with Gasteiger partial charge < -0.3 is 14.8 Å². The molecule has 78 valence electrons. The molecule has 2 heterocycles. The van der Waals surface area contributed by atoms with Crippen LogP contribution in [-0.2, 0) is 9.47 Å². The first-order chi connectivity index (χ1) is 6.84. The summed E-state index contributed by atoms with van der Waals surface area (Å²) in [5.41, 5.74) is 0. The van der Waals surface area contributed by atoms with Crippen molar-refractivity contribution >= 4 is 32.4 Å². The van der Waals surface area contributed by atoms with Crippen molar-refractivity contribution in [1.82, 2.24) is 4.98 Å². The molecule has 0 amide bonds. The summed E-state index contributed by atoms with van der Waals surface area (Å²) in [6.07, 6.45) is 0.145. The Morgan fingerprint density at radius 1 is 1.64 bits per heavy atom. The fourth-order valence-electron chi connectivity index (χ4n) is 1.19. The molecule has 6 heteroatoms. The van der Waals surface area contributed by atoms with Crippen molar-refractivity contribution < 1.29 is 9.47 Å². The number of anilines is 1. The van der Waals surface area contributed by atoms with Crippen LogP contribution < -0.4 is 5.32 Å². The zero-order chi connectivity index (χ0) is 9.80. The molecule has 14 heavy (non-hydrogen) atoms. The molecular weight excluding hydrogens is 268 g/mol. The molecule has 0 aromatic carbocycles. The molecule has 1 aliphatic rings. The summed E-state index contributed by atoms with van der Waals surface area (Å²) in [6, 6.07) is 0. The first kappa shape index (κ1) is 10.4. The van der Waals surface area contributed by atoms with E-state index in [-0.39, 0.29) is 6.10 Å². The normalized spacial score (nSPS) is 22.2. The second-order valence-corrected chi connectivity index (χ2v) is 4.59. The van der Waals surface area contributed by atoms with E-state index in [0.29, 0.717) is 19.8 Å². The van der Waals surface area contributed by atoms with Gasteiger partial charge in [-0.1, -0.05) is 0 Å². The predicted octanol–water partition coefficient (Wildman–Crippen LogP) is 1.73. The van der Waals surface area contributed by atoms with Crippen molar-refractivity contribution in [3.05, 3.63) is 9.98 Å². The van der Waals surface area contributed by atoms with E-state index in [9.17, 15) is 0 Å². The lowest BCUT2D eigenvalue weighted by atomic mass is 10.3. The molecule has 0 spiro atoms. The highest BCUT2D eigenvalue weighted by Gasteiger charge is 2.14. The van der Waals surface area contributed by atoms with E-state index in [1.165, 1.54) is 0 Å². The van der Waals surface area contributed by atoms with Gasteiger partial charge in [-0.2, -0.15) is 0 Å². The number of nitrogens with one attached hydrogen (secondary N) is 1. The van der Waals surface area contributed by atoms with E-state index >= 15 is 0 Å². The van der Waals surface area contributed by atoms with Crippen molar-refractivity contribution in [3.63, 3.8) is 0 Å². The molecule has 1 N–H and O–H groups in total. The molecule has 0 saturated carbocycles. The number of nitrogens with zero attached hydrogens (tertiary/aromatic N) is 1. The molecule has 2 rings (SSSR count). The molecule has 1 aliphatic heterocycles. The number of ether oxygens (including phenoxy) is 2. The molecule has 1 atom stereocenters. The first-order valence-corrected chi connectivity index (χ1v) is 6.06. The summed E-state index contributed by atoms with van der Waals surface area (Å²) in [5.74, 6) is 0. The number of halogens is 1. The standard InChI is InChI=1S/C8H11BrN2O2S/c9-7-5-14-8(11-7)10-3-6-4-12-1-2-13-6/h5-6H,1-4H2,(H,10,11). The van der Waals surface area contributed by atoms with E-state index in [4.69, 9.17) is 9.47 Å². The zero-order valence-corrected chi connectivity index (χ0v) is 9.94. The Morgan fingerprint density at radius 3 is 3.21 bits per heavy atom. The van der Waals surface area contributed by atoms with Gasteiger partial charge in [-0.3, -0.25) is 0 Å². The van der Waals surface area contributed by atoms with E-state index in [0.717, 1.165) is 16.3 Å². The van der Waals surface area contributed by atoms with E-state index < -0.39 is 0 Å². The summed E-state index contributed by atoms with van der Waals surface area (Å²) in [4.78, 5) is 4.22. The molecule has 0 bridgehead atoms. The van der Waals surface area contributed by atoms with Crippen LogP contribution in [0.3, 0.4) is 0 Å². The minimum Gasteiger partial charge on any atom is -0.376 e. The molecule has 1 aromatic heterocycles. The number of rotatable bonds is 3. The number of hydrogen-bond donors (Lipinski definition) is 1. The molecule has 1 fully saturated rings. The van der Waals surface area contributed by atoms with Crippen molar-refractivity contribution in [2.45, 2.75) is 6.10 Å². The van der Waals surface area contributed by atoms with Gasteiger partial charge in [0.25, 0.3) is 0 Å². The maximum Gasteiger partial charge on any atom is 0.183 e. The highest BCUT2D eigenvalue weighted by Crippen LogP contribution is 2.19. The van der Waals surface area contributed by atoms with Crippen LogP contribution in [0.4, 0.5) is 5.13 Å². The zero-order valence-electron chi connectivity index (χ0n) is 7.53. The summed E-state index contributed by atoms with van der Waals surface area (Å²) in [5, 5.41) is 6.06. The summed E-state index contributed by atoms with van der Waals surface area (Å²) >= 11 is 4.87. The van der Waals surface area contributed by atoms with Crippen molar-refractivity contribution in [3.8, 4) is 0 Å². The Hall–Kier alpha value is -0.170. The van der Waals surface area contributed by atoms with Gasteiger partial charge in [0.1, 0.15) is 4.60 Å². The molecule has 1 unspecified atom stereocenters. The minimum atomic E-state index is 0.145. The van der Waals surface area contributed by atoms with Crippen LogP contribution in [0.5, 0.6) is 0 Å².